The zero-order valence-electron chi connectivity index (χ0n) is 39.3. The van der Waals surface area contributed by atoms with Crippen molar-refractivity contribution < 1.29 is 52.0 Å². The van der Waals surface area contributed by atoms with E-state index in [1.165, 1.54) is 0 Å². The molecule has 0 spiro atoms. The first-order chi connectivity index (χ1) is 27.2. The second-order valence-corrected chi connectivity index (χ2v) is 26.8. The summed E-state index contributed by atoms with van der Waals surface area (Å²) in [6, 6.07) is 4.47. The maximum atomic E-state index is 9.65. The lowest BCUT2D eigenvalue weighted by atomic mass is 10.3. The van der Waals surface area contributed by atoms with Gasteiger partial charge in [0.05, 0.1) is 12.1 Å². The average Bonchev–Trinajstić information content (AvgIpc) is 3.17. The van der Waals surface area contributed by atoms with Gasteiger partial charge in [-0.1, -0.05) is 55.4 Å². The molecular formula is C39H83N2O12PSi4. The van der Waals surface area contributed by atoms with Crippen LogP contribution in [-0.4, -0.2) is 97.1 Å². The van der Waals surface area contributed by atoms with Crippen molar-refractivity contribution in [2.24, 2.45) is 0 Å². The predicted octanol–water partition coefficient (Wildman–Crippen LogP) is 10.7. The number of nitrogens with zero attached hydrogens (tertiary/aromatic N) is 2. The highest BCUT2D eigenvalue weighted by Gasteiger charge is 2.68. The summed E-state index contributed by atoms with van der Waals surface area (Å²) in [6.45, 7) is 33.4. The lowest BCUT2D eigenvalue weighted by molar-refractivity contribution is -0.0946. The van der Waals surface area contributed by atoms with Crippen molar-refractivity contribution in [1.82, 2.24) is 0 Å². The van der Waals surface area contributed by atoms with Gasteiger partial charge in [0.2, 0.25) is 0 Å². The monoisotopic (exact) mass is 914 g/mol. The SMILES string of the molecule is CCC(C)O[Si](OC(C)CC)(OC(C)CC)O[Si](C)(O[Si](OC(C)CC)(OC(C)CC)OC(C)CC)O[Si](OC(C)CC)(OC(C)CC)OP(CCC#N)CCC#N. The highest BCUT2D eigenvalue weighted by atomic mass is 31.1. The smallest absolute Gasteiger partial charge is 0.349 e. The lowest BCUT2D eigenvalue weighted by Crippen LogP contribution is -2.70. The van der Waals surface area contributed by atoms with Gasteiger partial charge in [-0.15, -0.1) is 0 Å². The fourth-order valence-electron chi connectivity index (χ4n) is 4.54. The molecule has 8 atom stereocenters. The van der Waals surface area contributed by atoms with Gasteiger partial charge in [0, 0.05) is 88.7 Å². The molecular weight excluding hydrogens is 832 g/mol. The standard InChI is InChI=1S/C39H83N2O12PSi4/c1-18-32(9)42-56(43-33(10)19-2,44-34(11)20-3)51-55(17,52-57(45-35(12)21-4,46-36(13)22-5)47-37(14)23-6)53-58(48-38(15)24-7,49-39(16)25-8)50-54(30-26-28-40)31-27-29-41/h32-39H,18-27,30-31H2,1-17H3. The Morgan fingerprint density at radius 1 is 0.397 bits per heavy atom. The minimum absolute atomic E-state index is 0.213. The predicted molar refractivity (Wildman–Crippen MR) is 237 cm³/mol. The van der Waals surface area contributed by atoms with Crippen LogP contribution in [0.2, 0.25) is 6.55 Å². The molecule has 0 bridgehead atoms. The highest BCUT2D eigenvalue weighted by molar-refractivity contribution is 7.54. The van der Waals surface area contributed by atoms with Gasteiger partial charge in [-0.2, -0.15) is 10.5 Å². The molecule has 0 aliphatic carbocycles. The van der Waals surface area contributed by atoms with Crippen LogP contribution in [0.15, 0.2) is 0 Å². The van der Waals surface area contributed by atoms with Crippen LogP contribution in [0, 0.1) is 22.7 Å². The summed E-state index contributed by atoms with van der Waals surface area (Å²) >= 11 is 0. The summed E-state index contributed by atoms with van der Waals surface area (Å²) in [5, 5.41) is 19.3. The summed E-state index contributed by atoms with van der Waals surface area (Å²) in [6.07, 6.45) is 3.49. The van der Waals surface area contributed by atoms with Crippen LogP contribution in [0.4, 0.5) is 0 Å². The molecule has 0 saturated carbocycles. The zero-order chi connectivity index (χ0) is 44.6. The molecule has 0 N–H and O–H groups in total. The van der Waals surface area contributed by atoms with Crippen molar-refractivity contribution >= 4 is 44.1 Å². The largest absolute Gasteiger partial charge is 0.676 e. The van der Waals surface area contributed by atoms with E-state index in [1.54, 1.807) is 6.55 Å². The Labute approximate surface area is 360 Å². The van der Waals surface area contributed by atoms with E-state index < -0.39 is 56.3 Å². The molecule has 0 aliphatic rings. The first kappa shape index (κ1) is 57.8. The van der Waals surface area contributed by atoms with Crippen molar-refractivity contribution in [3.05, 3.63) is 0 Å². The minimum Gasteiger partial charge on any atom is -0.349 e. The van der Waals surface area contributed by atoms with Crippen molar-refractivity contribution in [1.29, 1.82) is 10.5 Å². The van der Waals surface area contributed by atoms with Gasteiger partial charge in [-0.3, -0.25) is 0 Å². The average molecular weight is 915 g/mol. The quantitative estimate of drug-likeness (QED) is 0.0432. The summed E-state index contributed by atoms with van der Waals surface area (Å²) < 4.78 is 83.7. The molecule has 19 heteroatoms. The third kappa shape index (κ3) is 22.2. The van der Waals surface area contributed by atoms with Crippen LogP contribution in [0.5, 0.6) is 0 Å². The highest BCUT2D eigenvalue weighted by Crippen LogP contribution is 2.45. The normalized spacial score (nSPS) is 20.6. The Kier molecular flexibility index (Phi) is 29.9. The lowest BCUT2D eigenvalue weighted by Gasteiger charge is -2.45. The third-order valence-corrected chi connectivity index (χ3v) is 25.8. The van der Waals surface area contributed by atoms with Crippen LogP contribution in [0.1, 0.15) is 175 Å². The summed E-state index contributed by atoms with van der Waals surface area (Å²) in [7, 11) is -18.9. The number of nitriles is 2. The maximum Gasteiger partial charge on any atom is 0.676 e. The molecule has 0 aromatic rings. The summed E-state index contributed by atoms with van der Waals surface area (Å²) in [5.41, 5.74) is 0. The second kappa shape index (κ2) is 30.0. The molecule has 0 saturated heterocycles. The van der Waals surface area contributed by atoms with Crippen molar-refractivity contribution in [2.75, 3.05) is 12.3 Å². The van der Waals surface area contributed by atoms with E-state index in [-0.39, 0.29) is 49.5 Å². The van der Waals surface area contributed by atoms with E-state index in [0.29, 0.717) is 63.7 Å². The molecule has 0 radical (unpaired) electrons. The van der Waals surface area contributed by atoms with E-state index >= 15 is 0 Å². The number of rotatable bonds is 36. The first-order valence-corrected chi connectivity index (χ1v) is 30.7. The Bertz CT molecular complexity index is 1040. The molecule has 0 aromatic carbocycles. The topological polar surface area (TPSA) is 158 Å². The van der Waals surface area contributed by atoms with Crippen molar-refractivity contribution in [3.8, 4) is 12.1 Å². The van der Waals surface area contributed by atoms with E-state index in [4.69, 9.17) is 52.0 Å². The second-order valence-electron chi connectivity index (χ2n) is 15.2. The van der Waals surface area contributed by atoms with Crippen molar-refractivity contribution in [3.63, 3.8) is 0 Å². The Morgan fingerprint density at radius 2 is 0.603 bits per heavy atom. The van der Waals surface area contributed by atoms with Gasteiger partial charge in [-0.05, 0) is 107 Å². The molecule has 0 aromatic heterocycles. The minimum atomic E-state index is -4.48. The van der Waals surface area contributed by atoms with E-state index in [0.717, 1.165) is 0 Å². The number of hydrogen-bond acceptors (Lipinski definition) is 14. The molecule has 58 heavy (non-hydrogen) atoms. The van der Waals surface area contributed by atoms with Crippen LogP contribution in [0.25, 0.3) is 0 Å². The van der Waals surface area contributed by atoms with Crippen LogP contribution >= 0.6 is 8.15 Å². The van der Waals surface area contributed by atoms with Gasteiger partial charge in [0.25, 0.3) is 0 Å². The fraction of sp³-hybridized carbons (Fsp3) is 0.949. The zero-order valence-corrected chi connectivity index (χ0v) is 44.2. The maximum absolute atomic E-state index is 9.65. The summed E-state index contributed by atoms with van der Waals surface area (Å²) in [4.78, 5) is 0. The molecule has 0 fully saturated rings. The van der Waals surface area contributed by atoms with E-state index in [9.17, 15) is 10.5 Å². The van der Waals surface area contributed by atoms with Gasteiger partial charge < -0.3 is 52.0 Å². The Balaban J connectivity index is 8.62. The molecule has 8 unspecified atom stereocenters. The molecule has 0 amide bonds. The van der Waals surface area contributed by atoms with E-state index in [1.807, 2.05) is 111 Å². The molecule has 0 rings (SSSR count). The molecule has 14 nitrogen and oxygen atoms in total. The van der Waals surface area contributed by atoms with Gasteiger partial charge in [0.15, 0.2) is 0 Å². The molecule has 0 aliphatic heterocycles. The number of hydrogen-bond donors (Lipinski definition) is 0. The van der Waals surface area contributed by atoms with Gasteiger partial charge in [-0.25, -0.2) is 0 Å². The van der Waals surface area contributed by atoms with Crippen LogP contribution < -0.4 is 0 Å². The van der Waals surface area contributed by atoms with E-state index in [2.05, 4.69) is 12.1 Å². The Hall–Kier alpha value is -0.202. The molecule has 0 heterocycles. The van der Waals surface area contributed by atoms with Crippen LogP contribution in [-0.2, 0) is 52.0 Å². The third-order valence-electron chi connectivity index (χ3n) is 9.48. The first-order valence-electron chi connectivity index (χ1n) is 22.0. The van der Waals surface area contributed by atoms with Crippen molar-refractivity contribution in [2.45, 2.75) is 230 Å². The fourth-order valence-corrected chi connectivity index (χ4v) is 22.6. The molecule has 342 valence electrons. The van der Waals surface area contributed by atoms with Gasteiger partial charge in [0.1, 0.15) is 0 Å². The van der Waals surface area contributed by atoms with Gasteiger partial charge >= 0.3 is 35.9 Å². The summed E-state index contributed by atoms with van der Waals surface area (Å²) in [5.74, 6) is 0. The van der Waals surface area contributed by atoms with Crippen LogP contribution in [0.3, 0.4) is 0 Å². The Morgan fingerprint density at radius 3 is 0.810 bits per heavy atom.